The van der Waals surface area contributed by atoms with E-state index in [-0.39, 0.29) is 24.4 Å². The van der Waals surface area contributed by atoms with Crippen LogP contribution in [0.2, 0.25) is 0 Å². The molecule has 116 valence electrons. The largest absolute Gasteiger partial charge is 0.312 e. The minimum Gasteiger partial charge on any atom is -0.312 e. The first-order valence-electron chi connectivity index (χ1n) is 7.51. The maximum absolute atomic E-state index is 12.7. The van der Waals surface area contributed by atoms with Gasteiger partial charge in [-0.2, -0.15) is 0 Å². The Kier molecular flexibility index (Phi) is 5.25. The predicted octanol–water partition coefficient (Wildman–Crippen LogP) is 1.68. The van der Waals surface area contributed by atoms with Crippen molar-refractivity contribution in [2.45, 2.75) is 32.4 Å². The highest BCUT2D eigenvalue weighted by molar-refractivity contribution is 5.97. The summed E-state index contributed by atoms with van der Waals surface area (Å²) in [6.45, 7) is 7.73. The first-order valence-corrected chi connectivity index (χ1v) is 7.51. The van der Waals surface area contributed by atoms with Crippen molar-refractivity contribution in [2.24, 2.45) is 0 Å². The molecule has 2 heterocycles. The zero-order chi connectivity index (χ0) is 14.1. The molecule has 2 unspecified atom stereocenters. The number of nitrogens with zero attached hydrogens (tertiary/aromatic N) is 2. The zero-order valence-electron chi connectivity index (χ0n) is 12.7. The number of para-hydroxylation sites is 1. The lowest BCUT2D eigenvalue weighted by Gasteiger charge is -2.33. The van der Waals surface area contributed by atoms with Gasteiger partial charge in [0.1, 0.15) is 0 Å². The summed E-state index contributed by atoms with van der Waals surface area (Å²) in [4.78, 5) is 16.9. The molecule has 2 atom stereocenters. The van der Waals surface area contributed by atoms with Gasteiger partial charge >= 0.3 is 0 Å². The molecule has 1 N–H and O–H groups in total. The van der Waals surface area contributed by atoms with E-state index >= 15 is 0 Å². The number of piperazine rings is 1. The lowest BCUT2D eigenvalue weighted by Crippen LogP contribution is -2.52. The summed E-state index contributed by atoms with van der Waals surface area (Å²) < 4.78 is 0. The van der Waals surface area contributed by atoms with Crippen LogP contribution in [0.3, 0.4) is 0 Å². The van der Waals surface area contributed by atoms with Crippen molar-refractivity contribution in [3.63, 3.8) is 0 Å². The summed E-state index contributed by atoms with van der Waals surface area (Å²) in [6, 6.07) is 9.02. The van der Waals surface area contributed by atoms with Crippen LogP contribution in [0.4, 0.5) is 5.69 Å². The van der Waals surface area contributed by atoms with Crippen LogP contribution in [0.1, 0.15) is 19.4 Å². The van der Waals surface area contributed by atoms with Gasteiger partial charge in [0.2, 0.25) is 5.91 Å². The third-order valence-electron chi connectivity index (χ3n) is 4.29. The number of fused-ring (bicyclic) bond motifs is 1. The Balaban J connectivity index is 0.00000161. The highest BCUT2D eigenvalue weighted by Gasteiger charge is 2.31. The fraction of sp³-hybridized carbons (Fsp3) is 0.562. The van der Waals surface area contributed by atoms with Crippen LogP contribution in [0, 0.1) is 0 Å². The molecule has 0 spiro atoms. The van der Waals surface area contributed by atoms with Crippen LogP contribution in [0.15, 0.2) is 24.3 Å². The van der Waals surface area contributed by atoms with E-state index in [4.69, 9.17) is 0 Å². The third-order valence-corrected chi connectivity index (χ3v) is 4.29. The second kappa shape index (κ2) is 6.77. The molecular weight excluding hydrogens is 286 g/mol. The summed E-state index contributed by atoms with van der Waals surface area (Å²) in [6.07, 6.45) is 0.972. The Morgan fingerprint density at radius 2 is 2.10 bits per heavy atom. The second-order valence-electron chi connectivity index (χ2n) is 6.04. The molecule has 1 amide bonds. The summed E-state index contributed by atoms with van der Waals surface area (Å²) in [5.41, 5.74) is 2.40. The Bertz CT molecular complexity index is 508. The highest BCUT2D eigenvalue weighted by Crippen LogP contribution is 2.31. The molecule has 3 rings (SSSR count). The summed E-state index contributed by atoms with van der Waals surface area (Å²) in [7, 11) is 0. The number of benzene rings is 1. The van der Waals surface area contributed by atoms with Gasteiger partial charge in [-0.05, 0) is 31.9 Å². The van der Waals surface area contributed by atoms with E-state index < -0.39 is 0 Å². The molecule has 0 bridgehead atoms. The molecule has 1 aromatic carbocycles. The zero-order valence-corrected chi connectivity index (χ0v) is 13.5. The Labute approximate surface area is 132 Å². The van der Waals surface area contributed by atoms with Crippen LogP contribution in [0.5, 0.6) is 0 Å². The topological polar surface area (TPSA) is 35.6 Å². The Hall–Kier alpha value is -1.10. The SMILES string of the molecule is CC1CN(CC(=O)N2c3ccccc3CC2C)CCN1.Cl. The summed E-state index contributed by atoms with van der Waals surface area (Å²) >= 11 is 0. The lowest BCUT2D eigenvalue weighted by molar-refractivity contribution is -0.120. The number of hydrogen-bond donors (Lipinski definition) is 1. The normalized spacial score (nSPS) is 25.3. The van der Waals surface area contributed by atoms with E-state index in [2.05, 4.69) is 42.3 Å². The van der Waals surface area contributed by atoms with Crippen LogP contribution >= 0.6 is 12.4 Å². The van der Waals surface area contributed by atoms with Gasteiger partial charge in [-0.1, -0.05) is 18.2 Å². The molecule has 2 aliphatic heterocycles. The molecule has 0 saturated carbocycles. The first kappa shape index (κ1) is 16.3. The fourth-order valence-electron chi connectivity index (χ4n) is 3.37. The quantitative estimate of drug-likeness (QED) is 0.903. The molecule has 4 nitrogen and oxygen atoms in total. The number of anilines is 1. The fourth-order valence-corrected chi connectivity index (χ4v) is 3.37. The van der Waals surface area contributed by atoms with Gasteiger partial charge in [-0.25, -0.2) is 0 Å². The number of nitrogens with one attached hydrogen (secondary N) is 1. The van der Waals surface area contributed by atoms with Crippen LogP contribution in [-0.2, 0) is 11.2 Å². The molecule has 0 aromatic heterocycles. The number of carbonyl (C=O) groups is 1. The van der Waals surface area contributed by atoms with Crippen LogP contribution in [0.25, 0.3) is 0 Å². The monoisotopic (exact) mass is 309 g/mol. The molecule has 1 fully saturated rings. The minimum absolute atomic E-state index is 0. The van der Waals surface area contributed by atoms with Gasteiger partial charge in [0.25, 0.3) is 0 Å². The van der Waals surface area contributed by atoms with Crippen molar-refractivity contribution in [2.75, 3.05) is 31.1 Å². The van der Waals surface area contributed by atoms with Gasteiger partial charge in [0.05, 0.1) is 6.54 Å². The van der Waals surface area contributed by atoms with Crippen molar-refractivity contribution in [3.8, 4) is 0 Å². The molecule has 0 aliphatic carbocycles. The summed E-state index contributed by atoms with van der Waals surface area (Å²) in [5.74, 6) is 0.233. The van der Waals surface area contributed by atoms with Gasteiger partial charge in [0.15, 0.2) is 0 Å². The van der Waals surface area contributed by atoms with Gasteiger partial charge in [-0.3, -0.25) is 9.69 Å². The molecule has 21 heavy (non-hydrogen) atoms. The molecule has 1 saturated heterocycles. The van der Waals surface area contributed by atoms with E-state index in [0.717, 1.165) is 31.7 Å². The smallest absolute Gasteiger partial charge is 0.241 e. The number of hydrogen-bond acceptors (Lipinski definition) is 3. The van der Waals surface area contributed by atoms with Gasteiger partial charge in [-0.15, -0.1) is 12.4 Å². The molecular formula is C16H24ClN3O. The number of rotatable bonds is 2. The average molecular weight is 310 g/mol. The molecule has 0 radical (unpaired) electrons. The van der Waals surface area contributed by atoms with E-state index in [9.17, 15) is 4.79 Å². The molecule has 2 aliphatic rings. The third kappa shape index (κ3) is 3.39. The maximum Gasteiger partial charge on any atom is 0.241 e. The van der Waals surface area contributed by atoms with Gasteiger partial charge in [0, 0.05) is 37.4 Å². The first-order chi connectivity index (χ1) is 9.65. The standard InChI is InChI=1S/C16H23N3O.ClH/c1-12-10-18(8-7-17-12)11-16(20)19-13(2)9-14-5-3-4-6-15(14)19;/h3-6,12-13,17H,7-11H2,1-2H3;1H. The van der Waals surface area contributed by atoms with E-state index in [1.54, 1.807) is 0 Å². The van der Waals surface area contributed by atoms with Crippen molar-refractivity contribution in [1.29, 1.82) is 0 Å². The van der Waals surface area contributed by atoms with E-state index in [1.807, 2.05) is 11.0 Å². The number of amides is 1. The predicted molar refractivity (Wildman–Crippen MR) is 88.2 cm³/mol. The molecule has 1 aromatic rings. The second-order valence-corrected chi connectivity index (χ2v) is 6.04. The molecule has 5 heteroatoms. The van der Waals surface area contributed by atoms with Crippen molar-refractivity contribution < 1.29 is 4.79 Å². The van der Waals surface area contributed by atoms with Crippen molar-refractivity contribution in [3.05, 3.63) is 29.8 Å². The minimum atomic E-state index is 0. The number of carbonyl (C=O) groups excluding carboxylic acids is 1. The average Bonchev–Trinajstić information content (AvgIpc) is 2.74. The number of halogens is 1. The van der Waals surface area contributed by atoms with E-state index in [0.29, 0.717) is 12.6 Å². The Morgan fingerprint density at radius 3 is 2.86 bits per heavy atom. The van der Waals surface area contributed by atoms with Crippen LogP contribution < -0.4 is 10.2 Å². The van der Waals surface area contributed by atoms with Gasteiger partial charge < -0.3 is 10.2 Å². The lowest BCUT2D eigenvalue weighted by atomic mass is 10.1. The summed E-state index contributed by atoms with van der Waals surface area (Å²) in [5, 5.41) is 3.41. The maximum atomic E-state index is 12.7. The van der Waals surface area contributed by atoms with Crippen molar-refractivity contribution >= 4 is 24.0 Å². The van der Waals surface area contributed by atoms with Crippen molar-refractivity contribution in [1.82, 2.24) is 10.2 Å². The van der Waals surface area contributed by atoms with E-state index in [1.165, 1.54) is 5.56 Å². The Morgan fingerprint density at radius 1 is 1.33 bits per heavy atom. The highest BCUT2D eigenvalue weighted by atomic mass is 35.5. The van der Waals surface area contributed by atoms with Crippen LogP contribution in [-0.4, -0.2) is 49.1 Å².